The van der Waals surface area contributed by atoms with Crippen LogP contribution in [-0.4, -0.2) is 24.0 Å². The van der Waals surface area contributed by atoms with E-state index in [1.54, 1.807) is 25.1 Å². The number of nitrogens with one attached hydrogen (secondary N) is 2. The number of rotatable bonds is 6. The molecule has 3 rings (SSSR count). The SMILES string of the molecule is COC(=O)c1cccc(NC(=O)CCCc2c[nH]c3ccccc23)c1C. The first-order valence-corrected chi connectivity index (χ1v) is 8.63. The highest BCUT2D eigenvalue weighted by molar-refractivity contribution is 5.96. The second-order valence-electron chi connectivity index (χ2n) is 6.23. The van der Waals surface area contributed by atoms with Gasteiger partial charge < -0.3 is 15.0 Å². The van der Waals surface area contributed by atoms with Crippen molar-refractivity contribution in [2.45, 2.75) is 26.2 Å². The van der Waals surface area contributed by atoms with Crippen molar-refractivity contribution in [2.24, 2.45) is 0 Å². The van der Waals surface area contributed by atoms with E-state index in [4.69, 9.17) is 4.74 Å². The standard InChI is InChI=1S/C21H22N2O3/c1-14-16(21(25)26-2)9-6-11-18(14)23-20(24)12-5-7-15-13-22-19-10-4-3-8-17(15)19/h3-4,6,8-11,13,22H,5,7,12H2,1-2H3,(H,23,24). The Bertz CT molecular complexity index is 943. The van der Waals surface area contributed by atoms with E-state index in [0.29, 0.717) is 23.2 Å². The van der Waals surface area contributed by atoms with Gasteiger partial charge in [-0.3, -0.25) is 4.79 Å². The number of fused-ring (bicyclic) bond motifs is 1. The maximum atomic E-state index is 12.3. The van der Waals surface area contributed by atoms with E-state index < -0.39 is 5.97 Å². The molecule has 0 atom stereocenters. The van der Waals surface area contributed by atoms with E-state index in [9.17, 15) is 9.59 Å². The van der Waals surface area contributed by atoms with Crippen molar-refractivity contribution in [2.75, 3.05) is 12.4 Å². The Labute approximate surface area is 152 Å². The van der Waals surface area contributed by atoms with Crippen LogP contribution in [0.15, 0.2) is 48.7 Å². The monoisotopic (exact) mass is 350 g/mol. The third kappa shape index (κ3) is 3.77. The van der Waals surface area contributed by atoms with Gasteiger partial charge in [-0.2, -0.15) is 0 Å². The lowest BCUT2D eigenvalue weighted by atomic mass is 10.1. The quantitative estimate of drug-likeness (QED) is 0.654. The smallest absolute Gasteiger partial charge is 0.338 e. The molecule has 2 N–H and O–H groups in total. The Morgan fingerprint density at radius 3 is 2.73 bits per heavy atom. The normalized spacial score (nSPS) is 10.7. The van der Waals surface area contributed by atoms with Gasteiger partial charge in [0.1, 0.15) is 0 Å². The summed E-state index contributed by atoms with van der Waals surface area (Å²) in [4.78, 5) is 27.3. The Morgan fingerprint density at radius 1 is 1.12 bits per heavy atom. The van der Waals surface area contributed by atoms with Gasteiger partial charge in [0.15, 0.2) is 0 Å². The summed E-state index contributed by atoms with van der Waals surface area (Å²) in [5.74, 6) is -0.465. The van der Waals surface area contributed by atoms with Gasteiger partial charge in [-0.25, -0.2) is 4.79 Å². The molecule has 0 saturated carbocycles. The molecule has 0 unspecified atom stereocenters. The van der Waals surface area contributed by atoms with Crippen LogP contribution in [0, 0.1) is 6.92 Å². The predicted octanol–water partition coefficient (Wildman–Crippen LogP) is 4.22. The van der Waals surface area contributed by atoms with Gasteiger partial charge in [0, 0.05) is 29.2 Å². The number of benzene rings is 2. The second kappa shape index (κ2) is 7.87. The molecule has 5 heteroatoms. The minimum absolute atomic E-state index is 0.0602. The minimum atomic E-state index is -0.405. The maximum Gasteiger partial charge on any atom is 0.338 e. The van der Waals surface area contributed by atoms with Crippen molar-refractivity contribution >= 4 is 28.5 Å². The number of anilines is 1. The van der Waals surface area contributed by atoms with Gasteiger partial charge in [0.05, 0.1) is 12.7 Å². The van der Waals surface area contributed by atoms with E-state index in [1.807, 2.05) is 24.4 Å². The number of methoxy groups -OCH3 is 1. The van der Waals surface area contributed by atoms with Gasteiger partial charge in [-0.05, 0) is 49.1 Å². The first-order chi connectivity index (χ1) is 12.6. The van der Waals surface area contributed by atoms with Crippen molar-refractivity contribution in [3.8, 4) is 0 Å². The van der Waals surface area contributed by atoms with Crippen LogP contribution in [0.3, 0.4) is 0 Å². The summed E-state index contributed by atoms with van der Waals surface area (Å²) in [6, 6.07) is 13.4. The molecule has 5 nitrogen and oxygen atoms in total. The highest BCUT2D eigenvalue weighted by Gasteiger charge is 2.13. The zero-order valence-electron chi connectivity index (χ0n) is 15.0. The number of aryl methyl sites for hydroxylation is 1. The summed E-state index contributed by atoms with van der Waals surface area (Å²) in [6.45, 7) is 1.80. The van der Waals surface area contributed by atoms with Crippen molar-refractivity contribution in [1.29, 1.82) is 0 Å². The first-order valence-electron chi connectivity index (χ1n) is 8.63. The number of ether oxygens (including phenoxy) is 1. The number of hydrogen-bond donors (Lipinski definition) is 2. The van der Waals surface area contributed by atoms with Crippen LogP contribution in [0.5, 0.6) is 0 Å². The molecule has 1 heterocycles. The molecule has 26 heavy (non-hydrogen) atoms. The zero-order chi connectivity index (χ0) is 18.5. The van der Waals surface area contributed by atoms with Crippen molar-refractivity contribution < 1.29 is 14.3 Å². The van der Waals surface area contributed by atoms with Gasteiger partial charge in [-0.15, -0.1) is 0 Å². The molecule has 0 spiro atoms. The number of H-pyrrole nitrogens is 1. The third-order valence-electron chi connectivity index (χ3n) is 4.54. The van der Waals surface area contributed by atoms with Gasteiger partial charge >= 0.3 is 5.97 Å². The number of carbonyl (C=O) groups excluding carboxylic acids is 2. The molecular weight excluding hydrogens is 328 g/mol. The van der Waals surface area contributed by atoms with Crippen LogP contribution in [0.25, 0.3) is 10.9 Å². The molecule has 0 saturated heterocycles. The number of carbonyl (C=O) groups is 2. The fraction of sp³-hybridized carbons (Fsp3) is 0.238. The summed E-state index contributed by atoms with van der Waals surface area (Å²) in [7, 11) is 1.34. The van der Waals surface area contributed by atoms with Crippen LogP contribution < -0.4 is 5.32 Å². The maximum absolute atomic E-state index is 12.3. The van der Waals surface area contributed by atoms with E-state index >= 15 is 0 Å². The Hall–Kier alpha value is -3.08. The molecule has 0 aliphatic rings. The number of esters is 1. The van der Waals surface area contributed by atoms with Crippen LogP contribution >= 0.6 is 0 Å². The van der Waals surface area contributed by atoms with E-state index in [-0.39, 0.29) is 5.91 Å². The Balaban J connectivity index is 1.59. The molecule has 1 aromatic heterocycles. The Kier molecular flexibility index (Phi) is 5.37. The molecule has 134 valence electrons. The van der Waals surface area contributed by atoms with Crippen LogP contribution in [0.4, 0.5) is 5.69 Å². The highest BCUT2D eigenvalue weighted by atomic mass is 16.5. The summed E-state index contributed by atoms with van der Waals surface area (Å²) >= 11 is 0. The average molecular weight is 350 g/mol. The zero-order valence-corrected chi connectivity index (χ0v) is 15.0. The first kappa shape index (κ1) is 17.7. The summed E-state index contributed by atoms with van der Waals surface area (Å²) in [5, 5.41) is 4.10. The van der Waals surface area contributed by atoms with Crippen LogP contribution in [0.2, 0.25) is 0 Å². The van der Waals surface area contributed by atoms with Gasteiger partial charge in [0.25, 0.3) is 0 Å². The lowest BCUT2D eigenvalue weighted by molar-refractivity contribution is -0.116. The van der Waals surface area contributed by atoms with Gasteiger partial charge in [0.2, 0.25) is 5.91 Å². The molecule has 0 radical (unpaired) electrons. The molecular formula is C21H22N2O3. The van der Waals surface area contributed by atoms with Gasteiger partial charge in [-0.1, -0.05) is 24.3 Å². The molecule has 0 bridgehead atoms. The van der Waals surface area contributed by atoms with E-state index in [0.717, 1.165) is 18.4 Å². The average Bonchev–Trinajstić information content (AvgIpc) is 3.06. The minimum Gasteiger partial charge on any atom is -0.465 e. The number of amides is 1. The largest absolute Gasteiger partial charge is 0.465 e. The van der Waals surface area contributed by atoms with E-state index in [2.05, 4.69) is 16.4 Å². The predicted molar refractivity (Wildman–Crippen MR) is 102 cm³/mol. The lowest BCUT2D eigenvalue weighted by Gasteiger charge is -2.11. The molecule has 1 amide bonds. The van der Waals surface area contributed by atoms with Crippen molar-refractivity contribution in [3.63, 3.8) is 0 Å². The molecule has 3 aromatic rings. The number of hydrogen-bond acceptors (Lipinski definition) is 3. The summed E-state index contributed by atoms with van der Waals surface area (Å²) in [6.07, 6.45) is 4.01. The van der Waals surface area contributed by atoms with Crippen LogP contribution in [-0.2, 0) is 16.0 Å². The highest BCUT2D eigenvalue weighted by Crippen LogP contribution is 2.21. The molecule has 0 aliphatic carbocycles. The van der Waals surface area contributed by atoms with Crippen molar-refractivity contribution in [1.82, 2.24) is 4.98 Å². The Morgan fingerprint density at radius 2 is 1.92 bits per heavy atom. The molecule has 0 fully saturated rings. The third-order valence-corrected chi connectivity index (χ3v) is 4.54. The fourth-order valence-electron chi connectivity index (χ4n) is 3.09. The van der Waals surface area contributed by atoms with Crippen LogP contribution in [0.1, 0.15) is 34.3 Å². The fourth-order valence-corrected chi connectivity index (χ4v) is 3.09. The topological polar surface area (TPSA) is 71.2 Å². The lowest BCUT2D eigenvalue weighted by Crippen LogP contribution is -2.14. The molecule has 0 aliphatic heterocycles. The summed E-state index contributed by atoms with van der Waals surface area (Å²) < 4.78 is 4.76. The second-order valence-corrected chi connectivity index (χ2v) is 6.23. The molecule has 2 aromatic carbocycles. The van der Waals surface area contributed by atoms with E-state index in [1.165, 1.54) is 18.1 Å². The number of aromatic amines is 1. The number of aromatic nitrogens is 1. The summed E-state index contributed by atoms with van der Waals surface area (Å²) in [5.41, 5.74) is 4.15. The van der Waals surface area contributed by atoms with Crippen molar-refractivity contribution in [3.05, 3.63) is 65.4 Å². The number of para-hydroxylation sites is 1.